The van der Waals surface area contributed by atoms with Crippen LogP contribution in [0.5, 0.6) is 5.75 Å². The number of hydrogen-bond acceptors (Lipinski definition) is 7. The van der Waals surface area contributed by atoms with E-state index < -0.39 is 53.2 Å². The number of phenolic OH excluding ortho intramolecular Hbond substituents is 1. The van der Waals surface area contributed by atoms with E-state index >= 15 is 4.79 Å². The van der Waals surface area contributed by atoms with E-state index in [1.807, 2.05) is 30.3 Å². The van der Waals surface area contributed by atoms with E-state index in [0.29, 0.717) is 23.1 Å². The number of alkyl carbamates (subject to hydrolysis) is 1. The van der Waals surface area contributed by atoms with Crippen molar-refractivity contribution in [2.75, 3.05) is 6.54 Å². The molecule has 0 aliphatic heterocycles. The number of terminal acetylenes is 1. The number of nitrogens with one attached hydrogen (secondary N) is 2. The van der Waals surface area contributed by atoms with E-state index in [-0.39, 0.29) is 25.1 Å². The van der Waals surface area contributed by atoms with Crippen molar-refractivity contribution >= 4 is 23.9 Å². The van der Waals surface area contributed by atoms with Crippen molar-refractivity contribution in [3.63, 3.8) is 0 Å². The topological polar surface area (TPSA) is 134 Å². The number of rotatable bonds is 18. The van der Waals surface area contributed by atoms with Crippen LogP contribution in [0.3, 0.4) is 0 Å². The van der Waals surface area contributed by atoms with Gasteiger partial charge in [0.2, 0.25) is 11.8 Å². The molecule has 0 spiro atoms. The first-order valence-electron chi connectivity index (χ1n) is 19.2. The van der Waals surface area contributed by atoms with E-state index in [0.717, 1.165) is 37.7 Å². The maximum Gasteiger partial charge on any atom is 0.408 e. The van der Waals surface area contributed by atoms with Gasteiger partial charge in [-0.2, -0.15) is 0 Å². The number of carbonyl (C=O) groups is 4. The Kier molecular flexibility index (Phi) is 16.8. The Morgan fingerprint density at radius 1 is 0.727 bits per heavy atom. The van der Waals surface area contributed by atoms with Gasteiger partial charge in [-0.15, -0.1) is 6.42 Å². The molecule has 0 fully saturated rings. The lowest BCUT2D eigenvalue weighted by Crippen LogP contribution is -2.55. The molecule has 55 heavy (non-hydrogen) atoms. The molecule has 0 heterocycles. The number of ether oxygens (including phenoxy) is 2. The normalized spacial score (nSPS) is 13.1. The van der Waals surface area contributed by atoms with Crippen LogP contribution in [0.4, 0.5) is 4.79 Å². The minimum absolute atomic E-state index is 0.0459. The summed E-state index contributed by atoms with van der Waals surface area (Å²) in [5.41, 5.74) is 0.868. The Morgan fingerprint density at radius 2 is 1.29 bits per heavy atom. The van der Waals surface area contributed by atoms with Crippen molar-refractivity contribution < 1.29 is 33.8 Å². The van der Waals surface area contributed by atoms with Gasteiger partial charge in [0, 0.05) is 24.9 Å². The highest BCUT2D eigenvalue weighted by Gasteiger charge is 2.38. The molecule has 0 aromatic heterocycles. The second-order valence-corrected chi connectivity index (χ2v) is 15.8. The van der Waals surface area contributed by atoms with Gasteiger partial charge in [0.1, 0.15) is 35.1 Å². The van der Waals surface area contributed by atoms with Gasteiger partial charge in [0.05, 0.1) is 0 Å². The van der Waals surface area contributed by atoms with Crippen LogP contribution >= 0.6 is 0 Å². The summed E-state index contributed by atoms with van der Waals surface area (Å²) < 4.78 is 11.3. The number of benzene rings is 3. The van der Waals surface area contributed by atoms with Gasteiger partial charge in [-0.05, 0) is 88.9 Å². The zero-order chi connectivity index (χ0) is 40.6. The summed E-state index contributed by atoms with van der Waals surface area (Å²) in [6, 6.07) is 19.0. The number of phenols is 1. The molecule has 0 aliphatic carbocycles. The van der Waals surface area contributed by atoms with Crippen molar-refractivity contribution in [3.8, 4) is 18.1 Å². The number of hydrogen-bond donors (Lipinski definition) is 3. The van der Waals surface area contributed by atoms with Crippen LogP contribution in [0.25, 0.3) is 0 Å². The third kappa shape index (κ3) is 15.5. The lowest BCUT2D eigenvalue weighted by atomic mass is 9.98. The summed E-state index contributed by atoms with van der Waals surface area (Å²) in [6.07, 6.45) is 10.7. The molecule has 3 N–H and O–H groups in total. The molecule has 0 saturated carbocycles. The first-order valence-corrected chi connectivity index (χ1v) is 19.2. The summed E-state index contributed by atoms with van der Waals surface area (Å²) >= 11 is 0. The SMILES string of the molecule is C#Cc1ccc(C(C(=O)NC(Cc2ccccc2)C(=O)OC(C)(C)C)N(CCCCCCCC)C(=O)C(Cc2ccc(O)cc2)NC(=O)OC(C)(C)C)cc1. The molecular formula is C45H59N3O7. The first kappa shape index (κ1) is 44.1. The molecule has 10 nitrogen and oxygen atoms in total. The van der Waals surface area contributed by atoms with E-state index in [1.54, 1.807) is 77.9 Å². The van der Waals surface area contributed by atoms with Crippen LogP contribution in [0.2, 0.25) is 0 Å². The van der Waals surface area contributed by atoms with Gasteiger partial charge >= 0.3 is 12.1 Å². The summed E-state index contributed by atoms with van der Waals surface area (Å²) in [5, 5.41) is 15.7. The molecule has 0 aliphatic rings. The van der Waals surface area contributed by atoms with Crippen molar-refractivity contribution in [2.24, 2.45) is 0 Å². The highest BCUT2D eigenvalue weighted by molar-refractivity contribution is 5.94. The number of unbranched alkanes of at least 4 members (excludes halogenated alkanes) is 5. The van der Waals surface area contributed by atoms with E-state index in [1.165, 1.54) is 17.0 Å². The molecule has 0 radical (unpaired) electrons. The monoisotopic (exact) mass is 753 g/mol. The third-order valence-electron chi connectivity index (χ3n) is 8.64. The number of amides is 3. The Labute approximate surface area is 327 Å². The summed E-state index contributed by atoms with van der Waals surface area (Å²) in [5.74, 6) is 0.918. The van der Waals surface area contributed by atoms with Gasteiger partial charge in [-0.3, -0.25) is 9.59 Å². The Bertz CT molecular complexity index is 1720. The number of carbonyl (C=O) groups excluding carboxylic acids is 4. The van der Waals surface area contributed by atoms with Gasteiger partial charge < -0.3 is 30.1 Å². The molecule has 296 valence electrons. The summed E-state index contributed by atoms with van der Waals surface area (Å²) in [4.78, 5) is 58.3. The van der Waals surface area contributed by atoms with Crippen LogP contribution in [0.15, 0.2) is 78.9 Å². The average molecular weight is 754 g/mol. The van der Waals surface area contributed by atoms with Crippen LogP contribution in [0, 0.1) is 12.3 Å². The van der Waals surface area contributed by atoms with Crippen LogP contribution < -0.4 is 10.6 Å². The number of aromatic hydroxyl groups is 1. The van der Waals surface area contributed by atoms with Gasteiger partial charge in [-0.1, -0.05) is 99.5 Å². The second kappa shape index (κ2) is 21.0. The van der Waals surface area contributed by atoms with Crippen molar-refractivity contribution in [3.05, 3.63) is 101 Å². The summed E-state index contributed by atoms with van der Waals surface area (Å²) in [6.45, 7) is 12.8. The Morgan fingerprint density at radius 3 is 1.87 bits per heavy atom. The van der Waals surface area contributed by atoms with Gasteiger partial charge in [-0.25, -0.2) is 9.59 Å². The van der Waals surface area contributed by atoms with E-state index in [4.69, 9.17) is 15.9 Å². The zero-order valence-electron chi connectivity index (χ0n) is 33.5. The smallest absolute Gasteiger partial charge is 0.408 e. The number of esters is 1. The predicted molar refractivity (Wildman–Crippen MR) is 215 cm³/mol. The molecule has 3 aromatic carbocycles. The minimum Gasteiger partial charge on any atom is -0.508 e. The highest BCUT2D eigenvalue weighted by atomic mass is 16.6. The maximum atomic E-state index is 15.0. The van der Waals surface area contributed by atoms with Crippen molar-refractivity contribution in [1.82, 2.24) is 15.5 Å². The first-order chi connectivity index (χ1) is 26.0. The predicted octanol–water partition coefficient (Wildman–Crippen LogP) is 7.81. The van der Waals surface area contributed by atoms with E-state index in [9.17, 15) is 19.5 Å². The Balaban J connectivity index is 2.14. The fourth-order valence-corrected chi connectivity index (χ4v) is 6.05. The van der Waals surface area contributed by atoms with Gasteiger partial charge in [0.25, 0.3) is 0 Å². The Hall–Kier alpha value is -5.30. The van der Waals surface area contributed by atoms with Crippen LogP contribution in [-0.2, 0) is 36.7 Å². The molecule has 10 heteroatoms. The number of nitrogens with zero attached hydrogens (tertiary/aromatic N) is 1. The van der Waals surface area contributed by atoms with Crippen molar-refractivity contribution in [1.29, 1.82) is 0 Å². The molecule has 0 saturated heterocycles. The largest absolute Gasteiger partial charge is 0.508 e. The molecule has 0 bridgehead atoms. The van der Waals surface area contributed by atoms with Crippen LogP contribution in [0.1, 0.15) is 115 Å². The highest BCUT2D eigenvalue weighted by Crippen LogP contribution is 2.26. The molecule has 3 rings (SSSR count). The van der Waals surface area contributed by atoms with Crippen LogP contribution in [-0.4, -0.2) is 63.7 Å². The molecular weight excluding hydrogens is 695 g/mol. The van der Waals surface area contributed by atoms with Gasteiger partial charge in [0.15, 0.2) is 0 Å². The van der Waals surface area contributed by atoms with E-state index in [2.05, 4.69) is 23.5 Å². The zero-order valence-corrected chi connectivity index (χ0v) is 33.5. The quantitative estimate of drug-likeness (QED) is 0.0686. The average Bonchev–Trinajstić information content (AvgIpc) is 3.11. The standard InChI is InChI=1S/C45H59N3O7/c1-9-11-12-13-14-18-29-48(41(51)37(47-43(53)55-45(6,7)8)30-34-23-27-36(49)28-24-34)39(35-25-21-32(10-2)22-26-35)40(50)46-38(42(52)54-44(3,4)5)31-33-19-16-15-17-20-33/h2,15-17,19-28,37-39,49H,9,11-14,18,29-31H2,1,3-8H3,(H,46,50)(H,47,53). The molecule has 3 unspecified atom stereocenters. The molecule has 3 amide bonds. The minimum atomic E-state index is -1.22. The third-order valence-corrected chi connectivity index (χ3v) is 8.64. The molecule has 3 aromatic rings. The fraction of sp³-hybridized carbons (Fsp3) is 0.467. The molecule has 3 atom stereocenters. The summed E-state index contributed by atoms with van der Waals surface area (Å²) in [7, 11) is 0. The lowest BCUT2D eigenvalue weighted by Gasteiger charge is -2.35. The second-order valence-electron chi connectivity index (χ2n) is 15.8. The maximum absolute atomic E-state index is 15.0. The lowest BCUT2D eigenvalue weighted by molar-refractivity contribution is -0.159. The fourth-order valence-electron chi connectivity index (χ4n) is 6.05. The van der Waals surface area contributed by atoms with Crippen molar-refractivity contribution in [2.45, 2.75) is 129 Å².